The lowest BCUT2D eigenvalue weighted by Gasteiger charge is -2.06. The first kappa shape index (κ1) is 22.9. The number of anilines is 2. The van der Waals surface area contributed by atoms with E-state index >= 15 is 0 Å². The summed E-state index contributed by atoms with van der Waals surface area (Å²) in [7, 11) is -6.84. The molecule has 2 rings (SSSR count). The van der Waals surface area contributed by atoms with Gasteiger partial charge in [-0.3, -0.25) is 9.44 Å². The van der Waals surface area contributed by atoms with Crippen molar-refractivity contribution >= 4 is 43.4 Å². The average Bonchev–Trinajstić information content (AvgIpc) is 2.61. The Bertz CT molecular complexity index is 1060. The highest BCUT2D eigenvalue weighted by molar-refractivity contribution is 7.92. The van der Waals surface area contributed by atoms with Crippen molar-refractivity contribution in [2.24, 2.45) is 0 Å². The summed E-state index contributed by atoms with van der Waals surface area (Å²) in [6.45, 7) is 0. The molecule has 0 atom stereocenters. The molecule has 0 unspecified atom stereocenters. The molecule has 0 bridgehead atoms. The third-order valence-electron chi connectivity index (χ3n) is 3.11. The Morgan fingerprint density at radius 2 is 0.967 bits per heavy atom. The number of carbonyl (C=O) groups is 2. The van der Waals surface area contributed by atoms with Crippen molar-refractivity contribution in [3.63, 3.8) is 0 Å². The van der Waals surface area contributed by atoms with Crippen LogP contribution in [-0.4, -0.2) is 41.3 Å². The third kappa shape index (κ3) is 8.75. The minimum atomic E-state index is -3.42. The average molecular weight is 454 g/mol. The number of rotatable bonds is 8. The monoisotopic (exact) mass is 454 g/mol. The van der Waals surface area contributed by atoms with E-state index in [0.717, 1.165) is 24.7 Å². The molecule has 0 radical (unpaired) electrons. The van der Waals surface area contributed by atoms with Crippen LogP contribution in [0.3, 0.4) is 0 Å². The molecule has 0 aliphatic heterocycles. The lowest BCUT2D eigenvalue weighted by Crippen LogP contribution is -2.10. The zero-order valence-corrected chi connectivity index (χ0v) is 17.5. The number of hydrogen-bond donors (Lipinski definition) is 2. The standard InChI is InChI=1S/C18H18N2O8S2/c1-29(23,24)19-13-3-7-15(8-4-13)27-17(21)11-12-18(22)28-16-9-5-14(6-10-16)20-30(2,25)26/h3-12,19-20H,1-2H3/b12-11+. The highest BCUT2D eigenvalue weighted by Crippen LogP contribution is 2.18. The van der Waals surface area contributed by atoms with Gasteiger partial charge in [-0.25, -0.2) is 26.4 Å². The van der Waals surface area contributed by atoms with Gasteiger partial charge in [0, 0.05) is 23.5 Å². The smallest absolute Gasteiger partial charge is 0.336 e. The molecule has 0 saturated carbocycles. The van der Waals surface area contributed by atoms with Crippen molar-refractivity contribution < 1.29 is 35.9 Å². The zero-order chi connectivity index (χ0) is 22.4. The second-order valence-electron chi connectivity index (χ2n) is 5.97. The van der Waals surface area contributed by atoms with Gasteiger partial charge in [-0.1, -0.05) is 0 Å². The predicted molar refractivity (Wildman–Crippen MR) is 110 cm³/mol. The molecule has 0 aliphatic rings. The highest BCUT2D eigenvalue weighted by Gasteiger charge is 2.07. The second kappa shape index (κ2) is 9.41. The minimum Gasteiger partial charge on any atom is -0.423 e. The Kier molecular flexibility index (Phi) is 7.19. The maximum absolute atomic E-state index is 11.8. The molecule has 0 amide bonds. The van der Waals surface area contributed by atoms with Gasteiger partial charge >= 0.3 is 11.9 Å². The van der Waals surface area contributed by atoms with Crippen molar-refractivity contribution in [1.29, 1.82) is 0 Å². The number of hydrogen-bond acceptors (Lipinski definition) is 8. The van der Waals surface area contributed by atoms with Crippen LogP contribution in [-0.2, 0) is 29.6 Å². The molecule has 0 aromatic heterocycles. The van der Waals surface area contributed by atoms with Gasteiger partial charge < -0.3 is 9.47 Å². The maximum Gasteiger partial charge on any atom is 0.336 e. The summed E-state index contributed by atoms with van der Waals surface area (Å²) < 4.78 is 59.1. The molecule has 10 nitrogen and oxygen atoms in total. The van der Waals surface area contributed by atoms with Crippen LogP contribution in [0.1, 0.15) is 0 Å². The Morgan fingerprint density at radius 3 is 1.23 bits per heavy atom. The summed E-state index contributed by atoms with van der Waals surface area (Å²) in [5.74, 6) is -1.40. The van der Waals surface area contributed by atoms with Gasteiger partial charge in [0.15, 0.2) is 0 Å². The Hall–Kier alpha value is -3.38. The molecule has 2 N–H and O–H groups in total. The Labute approximate surface area is 173 Å². The van der Waals surface area contributed by atoms with Crippen molar-refractivity contribution in [3.05, 3.63) is 60.7 Å². The van der Waals surface area contributed by atoms with Gasteiger partial charge in [-0.15, -0.1) is 0 Å². The summed E-state index contributed by atoms with van der Waals surface area (Å²) in [6, 6.07) is 11.1. The highest BCUT2D eigenvalue weighted by atomic mass is 32.2. The SMILES string of the molecule is CS(=O)(=O)Nc1ccc(OC(=O)/C=C/C(=O)Oc2ccc(NS(C)(=O)=O)cc2)cc1. The van der Waals surface area contributed by atoms with E-state index in [0.29, 0.717) is 11.4 Å². The van der Waals surface area contributed by atoms with E-state index in [1.54, 1.807) is 0 Å². The number of carbonyl (C=O) groups excluding carboxylic acids is 2. The molecule has 0 spiro atoms. The molecule has 12 heteroatoms. The van der Waals surface area contributed by atoms with E-state index in [2.05, 4.69) is 9.44 Å². The first-order valence-corrected chi connectivity index (χ1v) is 12.0. The predicted octanol–water partition coefficient (Wildman–Crippen LogP) is 1.50. The summed E-state index contributed by atoms with van der Waals surface area (Å²) >= 11 is 0. The van der Waals surface area contributed by atoms with Crippen LogP contribution in [0.5, 0.6) is 11.5 Å². The summed E-state index contributed by atoms with van der Waals surface area (Å²) in [4.78, 5) is 23.5. The van der Waals surface area contributed by atoms with Gasteiger partial charge in [-0.2, -0.15) is 0 Å². The van der Waals surface area contributed by atoms with Gasteiger partial charge in [0.2, 0.25) is 20.0 Å². The van der Waals surface area contributed by atoms with Crippen LogP contribution in [0.2, 0.25) is 0 Å². The second-order valence-corrected chi connectivity index (χ2v) is 9.47. The van der Waals surface area contributed by atoms with Crippen molar-refractivity contribution in [3.8, 4) is 11.5 Å². The molecular weight excluding hydrogens is 436 g/mol. The van der Waals surface area contributed by atoms with Crippen molar-refractivity contribution in [2.45, 2.75) is 0 Å². The molecule has 0 heterocycles. The van der Waals surface area contributed by atoms with E-state index in [4.69, 9.17) is 9.47 Å². The first-order valence-electron chi connectivity index (χ1n) is 8.17. The maximum atomic E-state index is 11.8. The van der Waals surface area contributed by atoms with Crippen molar-refractivity contribution in [2.75, 3.05) is 22.0 Å². The van der Waals surface area contributed by atoms with Gasteiger partial charge in [-0.05, 0) is 48.5 Å². The van der Waals surface area contributed by atoms with Crippen LogP contribution in [0.4, 0.5) is 11.4 Å². The number of benzene rings is 2. The molecule has 0 aliphatic carbocycles. The summed E-state index contributed by atoms with van der Waals surface area (Å²) in [5, 5.41) is 0. The molecule has 160 valence electrons. The molecule has 2 aromatic carbocycles. The lowest BCUT2D eigenvalue weighted by atomic mass is 10.3. The van der Waals surface area contributed by atoms with Crippen LogP contribution in [0, 0.1) is 0 Å². The number of sulfonamides is 2. The minimum absolute atomic E-state index is 0.144. The quantitative estimate of drug-likeness (QED) is 0.347. The number of ether oxygens (including phenoxy) is 2. The largest absolute Gasteiger partial charge is 0.423 e. The van der Waals surface area contributed by atoms with Crippen LogP contribution in [0.15, 0.2) is 60.7 Å². The van der Waals surface area contributed by atoms with Crippen LogP contribution >= 0.6 is 0 Å². The summed E-state index contributed by atoms with van der Waals surface area (Å²) in [5.41, 5.74) is 0.600. The van der Waals surface area contributed by atoms with E-state index in [-0.39, 0.29) is 11.5 Å². The molecule has 30 heavy (non-hydrogen) atoms. The van der Waals surface area contributed by atoms with E-state index in [1.807, 2.05) is 0 Å². The third-order valence-corrected chi connectivity index (χ3v) is 4.32. The summed E-state index contributed by atoms with van der Waals surface area (Å²) in [6.07, 6.45) is 3.74. The van der Waals surface area contributed by atoms with Gasteiger partial charge in [0.25, 0.3) is 0 Å². The fourth-order valence-corrected chi connectivity index (χ4v) is 3.18. The molecule has 0 saturated heterocycles. The topological polar surface area (TPSA) is 145 Å². The van der Waals surface area contributed by atoms with Gasteiger partial charge in [0.1, 0.15) is 11.5 Å². The van der Waals surface area contributed by atoms with Crippen molar-refractivity contribution in [1.82, 2.24) is 0 Å². The Morgan fingerprint density at radius 1 is 0.667 bits per heavy atom. The van der Waals surface area contributed by atoms with Crippen LogP contribution < -0.4 is 18.9 Å². The number of esters is 2. The first-order chi connectivity index (χ1) is 13.9. The van der Waals surface area contributed by atoms with Crippen LogP contribution in [0.25, 0.3) is 0 Å². The molecule has 2 aromatic rings. The van der Waals surface area contributed by atoms with E-state index in [1.165, 1.54) is 48.5 Å². The lowest BCUT2D eigenvalue weighted by molar-refractivity contribution is -0.131. The normalized spacial score (nSPS) is 11.7. The number of nitrogens with one attached hydrogen (secondary N) is 2. The fourth-order valence-electron chi connectivity index (χ4n) is 2.05. The fraction of sp³-hybridized carbons (Fsp3) is 0.111. The Balaban J connectivity index is 1.87. The zero-order valence-electron chi connectivity index (χ0n) is 15.9. The van der Waals surface area contributed by atoms with Gasteiger partial charge in [0.05, 0.1) is 12.5 Å². The molecule has 0 fully saturated rings. The van der Waals surface area contributed by atoms with E-state index < -0.39 is 32.0 Å². The molecular formula is C18H18N2O8S2. The van der Waals surface area contributed by atoms with E-state index in [9.17, 15) is 26.4 Å².